The molecule has 0 aliphatic heterocycles. The summed E-state index contributed by atoms with van der Waals surface area (Å²) < 4.78 is 29.8. The third-order valence-corrected chi connectivity index (χ3v) is 4.53. The third kappa shape index (κ3) is 18.4. The Morgan fingerprint density at radius 3 is 1.45 bits per heavy atom. The normalized spacial score (nSPS) is 13.9. The molecule has 4 atom stereocenters. The van der Waals surface area contributed by atoms with Gasteiger partial charge in [-0.25, -0.2) is 14.4 Å². The Kier molecular flexibility index (Phi) is 20.6. The Balaban J connectivity index is 3.95. The van der Waals surface area contributed by atoms with E-state index in [9.17, 15) is 34.8 Å². The molecule has 0 saturated heterocycles. The van der Waals surface area contributed by atoms with E-state index in [1.807, 2.05) is 0 Å². The van der Waals surface area contributed by atoms with Gasteiger partial charge in [-0.3, -0.25) is 0 Å². The Labute approximate surface area is 222 Å². The van der Waals surface area contributed by atoms with E-state index in [0.717, 1.165) is 6.08 Å². The van der Waals surface area contributed by atoms with Gasteiger partial charge < -0.3 is 48.8 Å². The zero-order chi connectivity index (χ0) is 28.8. The minimum atomic E-state index is -2.26. The molecule has 0 radical (unpaired) electrons. The molecule has 4 N–H and O–H groups in total. The van der Waals surface area contributed by atoms with Crippen LogP contribution in [0.2, 0.25) is 0 Å². The summed E-state index contributed by atoms with van der Waals surface area (Å²) in [4.78, 5) is 34.5. The molecule has 0 bridgehead atoms. The Morgan fingerprint density at radius 2 is 1.03 bits per heavy atom. The van der Waals surface area contributed by atoms with Crippen molar-refractivity contribution in [3.05, 3.63) is 37.6 Å². The van der Waals surface area contributed by atoms with Crippen LogP contribution >= 0.6 is 0 Å². The van der Waals surface area contributed by atoms with Gasteiger partial charge in [-0.1, -0.05) is 19.7 Å². The summed E-state index contributed by atoms with van der Waals surface area (Å²) in [6.07, 6.45) is -1.95. The monoisotopic (exact) mass is 548 g/mol. The molecule has 0 heterocycles. The molecular formula is C25H40O13. The van der Waals surface area contributed by atoms with Crippen LogP contribution in [0.4, 0.5) is 0 Å². The smallest absolute Gasteiger partial charge is 0.338 e. The average molecular weight is 549 g/mol. The first kappa shape index (κ1) is 35.2. The Hall–Kier alpha value is -2.81. The van der Waals surface area contributed by atoms with Gasteiger partial charge >= 0.3 is 17.9 Å². The molecule has 4 unspecified atom stereocenters. The third-order valence-electron chi connectivity index (χ3n) is 4.53. The molecule has 0 aliphatic carbocycles. The number of carbonyl (C=O) groups is 3. The average Bonchev–Trinajstić information content (AvgIpc) is 2.92. The van der Waals surface area contributed by atoms with E-state index in [4.69, 9.17) is 18.9 Å². The number of esters is 3. The van der Waals surface area contributed by atoms with Crippen LogP contribution in [-0.4, -0.2) is 116 Å². The maximum atomic E-state index is 11.8. The van der Waals surface area contributed by atoms with Gasteiger partial charge in [-0.05, 0) is 31.8 Å². The van der Waals surface area contributed by atoms with Crippen LogP contribution in [0.3, 0.4) is 0 Å². The van der Waals surface area contributed by atoms with Crippen molar-refractivity contribution in [2.45, 2.75) is 50.1 Å². The van der Waals surface area contributed by atoms with E-state index in [1.54, 1.807) is 0 Å². The van der Waals surface area contributed by atoms with Gasteiger partial charge in [-0.15, -0.1) is 0 Å². The van der Waals surface area contributed by atoms with E-state index < -0.39 is 55.5 Å². The fraction of sp³-hybridized carbons (Fsp3) is 0.640. The van der Waals surface area contributed by atoms with Gasteiger partial charge in [0.15, 0.2) is 12.2 Å². The lowest BCUT2D eigenvalue weighted by atomic mass is 10.2. The summed E-state index contributed by atoms with van der Waals surface area (Å²) in [5.74, 6) is -2.76. The number of aliphatic hydroxyl groups is 4. The number of hydrogen-bond donors (Lipinski definition) is 4. The first-order valence-electron chi connectivity index (χ1n) is 12.1. The molecule has 0 spiro atoms. The largest absolute Gasteiger partial charge is 0.494 e. The lowest BCUT2D eigenvalue weighted by Crippen LogP contribution is -2.43. The minimum Gasteiger partial charge on any atom is -0.494 e. The van der Waals surface area contributed by atoms with Crippen LogP contribution in [0, 0.1) is 0 Å². The van der Waals surface area contributed by atoms with Crippen molar-refractivity contribution in [1.29, 1.82) is 0 Å². The van der Waals surface area contributed by atoms with Gasteiger partial charge in [-0.2, -0.15) is 0 Å². The number of allylic oxidation sites excluding steroid dienone is 1. The molecule has 218 valence electrons. The van der Waals surface area contributed by atoms with Crippen molar-refractivity contribution < 1.29 is 63.2 Å². The molecule has 0 amide bonds. The highest BCUT2D eigenvalue weighted by Gasteiger charge is 2.33. The Morgan fingerprint density at radius 1 is 0.605 bits per heavy atom. The SMILES string of the molecule is C=CC(=C)OCCCCOCC(O)COC(=O)C(O)C(O)C(=O)OCC(O)COCCCCOC(=O)C=C. The molecule has 0 aliphatic rings. The lowest BCUT2D eigenvalue weighted by Gasteiger charge is -2.18. The van der Waals surface area contributed by atoms with Crippen LogP contribution < -0.4 is 0 Å². The predicted molar refractivity (Wildman–Crippen MR) is 132 cm³/mol. The first-order valence-corrected chi connectivity index (χ1v) is 12.1. The topological polar surface area (TPSA) is 188 Å². The molecular weight excluding hydrogens is 508 g/mol. The van der Waals surface area contributed by atoms with E-state index in [0.29, 0.717) is 44.7 Å². The van der Waals surface area contributed by atoms with Gasteiger partial charge in [0.2, 0.25) is 0 Å². The van der Waals surface area contributed by atoms with Gasteiger partial charge in [0.25, 0.3) is 0 Å². The number of ether oxygens (including phenoxy) is 6. The molecule has 13 heteroatoms. The number of unbranched alkanes of at least 4 members (excludes halogenated alkanes) is 2. The molecule has 0 fully saturated rings. The summed E-state index contributed by atoms with van der Waals surface area (Å²) >= 11 is 0. The summed E-state index contributed by atoms with van der Waals surface area (Å²) in [7, 11) is 0. The van der Waals surface area contributed by atoms with Crippen LogP contribution in [-0.2, 0) is 42.8 Å². The van der Waals surface area contributed by atoms with Crippen LogP contribution in [0.5, 0.6) is 0 Å². The van der Waals surface area contributed by atoms with Crippen molar-refractivity contribution in [3.8, 4) is 0 Å². The van der Waals surface area contributed by atoms with Crippen LogP contribution in [0.1, 0.15) is 25.7 Å². The molecule has 38 heavy (non-hydrogen) atoms. The van der Waals surface area contributed by atoms with Crippen molar-refractivity contribution in [2.24, 2.45) is 0 Å². The minimum absolute atomic E-state index is 0.142. The zero-order valence-electron chi connectivity index (χ0n) is 21.5. The maximum Gasteiger partial charge on any atom is 0.338 e. The van der Waals surface area contributed by atoms with Gasteiger partial charge in [0.05, 0.1) is 26.4 Å². The van der Waals surface area contributed by atoms with E-state index in [1.165, 1.54) is 6.08 Å². The summed E-state index contributed by atoms with van der Waals surface area (Å²) in [6, 6.07) is 0. The maximum absolute atomic E-state index is 11.8. The van der Waals surface area contributed by atoms with E-state index in [-0.39, 0.29) is 26.4 Å². The standard InChI is InChI=1S/C25H40O13/c1-4-18(3)35-12-8-6-10-33-14-19(26)16-37-24(31)22(29)23(30)25(32)38-17-20(27)15-34-11-7-9-13-36-21(28)5-2/h4-5,19-20,22-23,26-27,29-30H,1-3,6-17H2. The van der Waals surface area contributed by atoms with E-state index >= 15 is 0 Å². The quantitative estimate of drug-likeness (QED) is 0.0304. The molecule has 0 saturated carbocycles. The van der Waals surface area contributed by atoms with Gasteiger partial charge in [0, 0.05) is 19.3 Å². The number of aliphatic hydroxyl groups excluding tert-OH is 4. The second kappa shape index (κ2) is 22.2. The van der Waals surface area contributed by atoms with Gasteiger partial charge in [0.1, 0.15) is 31.2 Å². The summed E-state index contributed by atoms with van der Waals surface area (Å²) in [5.41, 5.74) is 0. The van der Waals surface area contributed by atoms with Crippen molar-refractivity contribution >= 4 is 17.9 Å². The Bertz CT molecular complexity index is 664. The van der Waals surface area contributed by atoms with E-state index in [2.05, 4.69) is 29.2 Å². The molecule has 0 rings (SSSR count). The number of rotatable bonds is 24. The molecule has 0 aromatic rings. The first-order chi connectivity index (χ1) is 18.1. The zero-order valence-corrected chi connectivity index (χ0v) is 21.5. The predicted octanol–water partition coefficient (Wildman–Crippen LogP) is -0.444. The second-order valence-corrected chi connectivity index (χ2v) is 7.91. The van der Waals surface area contributed by atoms with Crippen LogP contribution in [0.15, 0.2) is 37.6 Å². The molecule has 0 aromatic heterocycles. The van der Waals surface area contributed by atoms with Crippen molar-refractivity contribution in [3.63, 3.8) is 0 Å². The number of carbonyl (C=O) groups excluding carboxylic acids is 3. The number of hydrogen-bond acceptors (Lipinski definition) is 13. The fourth-order valence-corrected chi connectivity index (χ4v) is 2.43. The van der Waals surface area contributed by atoms with Crippen molar-refractivity contribution in [1.82, 2.24) is 0 Å². The van der Waals surface area contributed by atoms with Crippen LogP contribution in [0.25, 0.3) is 0 Å². The fourth-order valence-electron chi connectivity index (χ4n) is 2.43. The molecule has 0 aromatic carbocycles. The second-order valence-electron chi connectivity index (χ2n) is 7.91. The highest BCUT2D eigenvalue weighted by molar-refractivity contribution is 5.85. The van der Waals surface area contributed by atoms with Crippen molar-refractivity contribution in [2.75, 3.05) is 52.9 Å². The summed E-state index contributed by atoms with van der Waals surface area (Å²) in [5, 5.41) is 39.2. The molecule has 13 nitrogen and oxygen atoms in total. The highest BCUT2D eigenvalue weighted by Crippen LogP contribution is 2.03. The lowest BCUT2D eigenvalue weighted by molar-refractivity contribution is -0.176. The highest BCUT2D eigenvalue weighted by atomic mass is 16.6. The summed E-state index contributed by atoms with van der Waals surface area (Å²) in [6.45, 7) is 10.2.